The minimum Gasteiger partial charge on any atom is -0.496 e. The fourth-order valence-electron chi connectivity index (χ4n) is 1.88. The summed E-state index contributed by atoms with van der Waals surface area (Å²) in [6.45, 7) is 1.94. The Morgan fingerprint density at radius 2 is 2.22 bits per heavy atom. The summed E-state index contributed by atoms with van der Waals surface area (Å²) in [7, 11) is 1.67. The van der Waals surface area contributed by atoms with Gasteiger partial charge in [0.15, 0.2) is 0 Å². The standard InChI is InChI=1S/C12H16N4OS/c1-8-12(18-16-15-8)10(14-13)7-9-5-3-4-6-11(9)17-2/h3-6,10,14H,7,13H2,1-2H3. The summed E-state index contributed by atoms with van der Waals surface area (Å²) in [5.41, 5.74) is 4.84. The van der Waals surface area contributed by atoms with Crippen molar-refractivity contribution in [1.29, 1.82) is 0 Å². The van der Waals surface area contributed by atoms with E-state index in [2.05, 4.69) is 15.0 Å². The molecule has 2 aromatic rings. The number of para-hydroxylation sites is 1. The Morgan fingerprint density at radius 1 is 1.44 bits per heavy atom. The van der Waals surface area contributed by atoms with Crippen molar-refractivity contribution in [3.05, 3.63) is 40.4 Å². The van der Waals surface area contributed by atoms with E-state index in [4.69, 9.17) is 10.6 Å². The molecule has 1 heterocycles. The van der Waals surface area contributed by atoms with E-state index in [0.717, 1.165) is 28.3 Å². The van der Waals surface area contributed by atoms with E-state index < -0.39 is 0 Å². The first-order valence-corrected chi connectivity index (χ1v) is 6.40. The van der Waals surface area contributed by atoms with Gasteiger partial charge in [0, 0.05) is 0 Å². The number of rotatable bonds is 5. The number of nitrogens with two attached hydrogens (primary N) is 1. The van der Waals surface area contributed by atoms with Gasteiger partial charge in [0.25, 0.3) is 0 Å². The van der Waals surface area contributed by atoms with E-state index in [1.165, 1.54) is 11.5 Å². The normalized spacial score (nSPS) is 12.4. The van der Waals surface area contributed by atoms with Crippen LogP contribution in [0.25, 0.3) is 0 Å². The van der Waals surface area contributed by atoms with Crippen LogP contribution in [0.5, 0.6) is 5.75 Å². The lowest BCUT2D eigenvalue weighted by Crippen LogP contribution is -2.29. The van der Waals surface area contributed by atoms with Crippen molar-refractivity contribution in [2.45, 2.75) is 19.4 Å². The summed E-state index contributed by atoms with van der Waals surface area (Å²) in [4.78, 5) is 1.06. The van der Waals surface area contributed by atoms with Gasteiger partial charge >= 0.3 is 0 Å². The predicted octanol–water partition coefficient (Wildman–Crippen LogP) is 1.60. The maximum Gasteiger partial charge on any atom is 0.122 e. The van der Waals surface area contributed by atoms with Crippen molar-refractivity contribution >= 4 is 11.5 Å². The molecule has 3 N–H and O–H groups in total. The maximum absolute atomic E-state index is 5.63. The summed E-state index contributed by atoms with van der Waals surface area (Å²) >= 11 is 1.37. The third-order valence-electron chi connectivity index (χ3n) is 2.82. The molecule has 96 valence electrons. The molecule has 6 heteroatoms. The second-order valence-corrected chi connectivity index (χ2v) is 4.74. The molecule has 0 saturated carbocycles. The van der Waals surface area contributed by atoms with Gasteiger partial charge in [-0.2, -0.15) is 0 Å². The van der Waals surface area contributed by atoms with E-state index in [0.29, 0.717) is 0 Å². The number of aryl methyl sites for hydroxylation is 1. The zero-order valence-electron chi connectivity index (χ0n) is 10.4. The fraction of sp³-hybridized carbons (Fsp3) is 0.333. The van der Waals surface area contributed by atoms with Gasteiger partial charge in [-0.15, -0.1) is 5.10 Å². The van der Waals surface area contributed by atoms with Crippen LogP contribution in [0, 0.1) is 6.92 Å². The minimum absolute atomic E-state index is 0.00120. The molecule has 1 aromatic heterocycles. The third-order valence-corrected chi connectivity index (χ3v) is 3.76. The Bertz CT molecular complexity index is 514. The van der Waals surface area contributed by atoms with E-state index in [1.807, 2.05) is 31.2 Å². The molecular weight excluding hydrogens is 248 g/mol. The van der Waals surface area contributed by atoms with Gasteiger partial charge in [-0.1, -0.05) is 22.7 Å². The van der Waals surface area contributed by atoms with Gasteiger partial charge in [0.2, 0.25) is 0 Å². The Labute approximate surface area is 110 Å². The van der Waals surface area contributed by atoms with Crippen molar-refractivity contribution in [3.8, 4) is 5.75 Å². The molecule has 0 saturated heterocycles. The molecule has 5 nitrogen and oxygen atoms in total. The van der Waals surface area contributed by atoms with Crippen LogP contribution >= 0.6 is 11.5 Å². The number of nitrogens with one attached hydrogen (secondary N) is 1. The zero-order valence-corrected chi connectivity index (χ0v) is 11.2. The number of aromatic nitrogens is 2. The summed E-state index contributed by atoms with van der Waals surface area (Å²) in [6, 6.07) is 7.92. The molecule has 1 aromatic carbocycles. The molecule has 0 radical (unpaired) electrons. The first kappa shape index (κ1) is 12.9. The highest BCUT2D eigenvalue weighted by molar-refractivity contribution is 7.05. The van der Waals surface area contributed by atoms with Crippen molar-refractivity contribution in [2.24, 2.45) is 5.84 Å². The number of benzene rings is 1. The van der Waals surface area contributed by atoms with Crippen LogP contribution in [-0.4, -0.2) is 16.7 Å². The van der Waals surface area contributed by atoms with Crippen molar-refractivity contribution in [3.63, 3.8) is 0 Å². The number of nitrogens with zero attached hydrogens (tertiary/aromatic N) is 2. The number of methoxy groups -OCH3 is 1. The van der Waals surface area contributed by atoms with Crippen LogP contribution in [0.1, 0.15) is 22.2 Å². The van der Waals surface area contributed by atoms with Gasteiger partial charge in [-0.3, -0.25) is 11.3 Å². The van der Waals surface area contributed by atoms with Crippen LogP contribution in [0.3, 0.4) is 0 Å². The molecule has 0 bridgehead atoms. The highest BCUT2D eigenvalue weighted by Crippen LogP contribution is 2.27. The highest BCUT2D eigenvalue weighted by atomic mass is 32.1. The zero-order chi connectivity index (χ0) is 13.0. The fourth-order valence-corrected chi connectivity index (χ4v) is 2.58. The molecule has 0 aliphatic carbocycles. The van der Waals surface area contributed by atoms with Gasteiger partial charge in [0.05, 0.1) is 23.7 Å². The Morgan fingerprint density at radius 3 is 2.83 bits per heavy atom. The van der Waals surface area contributed by atoms with Crippen molar-refractivity contribution in [2.75, 3.05) is 7.11 Å². The Kier molecular flexibility index (Phi) is 4.24. The number of hydrogen-bond acceptors (Lipinski definition) is 6. The van der Waals surface area contributed by atoms with Crippen LogP contribution in [-0.2, 0) is 6.42 Å². The summed E-state index contributed by atoms with van der Waals surface area (Å²) < 4.78 is 9.28. The first-order chi connectivity index (χ1) is 8.76. The van der Waals surface area contributed by atoms with Crippen LogP contribution < -0.4 is 16.0 Å². The first-order valence-electron chi connectivity index (χ1n) is 5.63. The van der Waals surface area contributed by atoms with Crippen molar-refractivity contribution in [1.82, 2.24) is 15.0 Å². The monoisotopic (exact) mass is 264 g/mol. The molecule has 1 atom stereocenters. The second-order valence-electron chi connectivity index (χ2n) is 3.96. The molecule has 1 unspecified atom stereocenters. The minimum atomic E-state index is 0.00120. The Hall–Kier alpha value is -1.50. The average Bonchev–Trinajstić information content (AvgIpc) is 2.82. The van der Waals surface area contributed by atoms with Crippen LogP contribution in [0.4, 0.5) is 0 Å². The summed E-state index contributed by atoms with van der Waals surface area (Å²) in [6.07, 6.45) is 0.741. The number of ether oxygens (including phenoxy) is 1. The number of hydrogen-bond donors (Lipinski definition) is 2. The smallest absolute Gasteiger partial charge is 0.122 e. The molecular formula is C12H16N4OS. The molecule has 0 spiro atoms. The molecule has 0 fully saturated rings. The topological polar surface area (TPSA) is 73.1 Å². The highest BCUT2D eigenvalue weighted by Gasteiger charge is 2.18. The summed E-state index contributed by atoms with van der Waals surface area (Å²) in [5, 5.41) is 4.01. The van der Waals surface area contributed by atoms with Crippen LogP contribution in [0.15, 0.2) is 24.3 Å². The summed E-state index contributed by atoms with van der Waals surface area (Å²) in [5.74, 6) is 6.50. The van der Waals surface area contributed by atoms with E-state index in [-0.39, 0.29) is 6.04 Å². The average molecular weight is 264 g/mol. The largest absolute Gasteiger partial charge is 0.496 e. The van der Waals surface area contributed by atoms with Gasteiger partial charge < -0.3 is 4.74 Å². The predicted molar refractivity (Wildman–Crippen MR) is 71.4 cm³/mol. The molecule has 18 heavy (non-hydrogen) atoms. The SMILES string of the molecule is COc1ccccc1CC(NN)c1snnc1C. The van der Waals surface area contributed by atoms with E-state index >= 15 is 0 Å². The maximum atomic E-state index is 5.63. The lowest BCUT2D eigenvalue weighted by Gasteiger charge is -2.16. The molecule has 0 aliphatic rings. The van der Waals surface area contributed by atoms with E-state index in [1.54, 1.807) is 7.11 Å². The lowest BCUT2D eigenvalue weighted by atomic mass is 10.0. The van der Waals surface area contributed by atoms with Gasteiger partial charge in [0.1, 0.15) is 5.75 Å². The third kappa shape index (κ3) is 2.66. The van der Waals surface area contributed by atoms with Crippen molar-refractivity contribution < 1.29 is 4.74 Å². The number of hydrazine groups is 1. The van der Waals surface area contributed by atoms with Gasteiger partial charge in [-0.05, 0) is 36.5 Å². The van der Waals surface area contributed by atoms with Crippen LogP contribution in [0.2, 0.25) is 0 Å². The van der Waals surface area contributed by atoms with E-state index in [9.17, 15) is 0 Å². The van der Waals surface area contributed by atoms with Gasteiger partial charge in [-0.25, -0.2) is 0 Å². The quantitative estimate of drug-likeness (QED) is 0.634. The second kappa shape index (κ2) is 5.90. The molecule has 2 rings (SSSR count). The Balaban J connectivity index is 2.23. The lowest BCUT2D eigenvalue weighted by molar-refractivity contribution is 0.406. The molecule has 0 amide bonds. The molecule has 0 aliphatic heterocycles.